The first-order valence-electron chi connectivity index (χ1n) is 5.75. The van der Waals surface area contributed by atoms with Crippen molar-refractivity contribution in [2.24, 2.45) is 0 Å². The molecule has 20 heteroatoms. The van der Waals surface area contributed by atoms with Crippen molar-refractivity contribution < 1.29 is 82.2 Å². The molecule has 0 rings (SSSR count). The number of phosphoric ester groups is 1. The highest BCUT2D eigenvalue weighted by atomic mass is 31.3. The third-order valence-electron chi connectivity index (χ3n) is 1.92. The molecule has 26 heavy (non-hydrogen) atoms. The smallest absolute Gasteiger partial charge is 0.394 e. The molecule has 0 saturated heterocycles. The van der Waals surface area contributed by atoms with E-state index in [1.165, 1.54) is 0 Å². The van der Waals surface area contributed by atoms with Crippen LogP contribution in [0.25, 0.3) is 0 Å². The van der Waals surface area contributed by atoms with Crippen molar-refractivity contribution in [2.75, 3.05) is 6.61 Å². The molecular weight excluding hydrogens is 437 g/mol. The summed E-state index contributed by atoms with van der Waals surface area (Å²) < 4.78 is 35.9. The summed E-state index contributed by atoms with van der Waals surface area (Å²) in [4.78, 5) is 58.3. The van der Waals surface area contributed by atoms with Crippen LogP contribution in [0.4, 0.5) is 0 Å². The maximum atomic E-state index is 10.8. The molecule has 0 radical (unpaired) electrons. The lowest BCUT2D eigenvalue weighted by Gasteiger charge is -2.24. The normalized spacial score (nSPS) is 17.3. The monoisotopic (exact) mass is 454 g/mol. The molecule has 0 bridgehead atoms. The van der Waals surface area contributed by atoms with Crippen molar-refractivity contribution >= 4 is 29.4 Å². The second-order valence-corrected chi connectivity index (χ2v) is 7.92. The van der Waals surface area contributed by atoms with Gasteiger partial charge in [-0.3, -0.25) is 9.79 Å². The number of phosphoric acid groups is 3. The molecule has 0 aromatic rings. The van der Waals surface area contributed by atoms with Crippen LogP contribution in [0.1, 0.15) is 0 Å². The maximum absolute atomic E-state index is 10.8. The van der Waals surface area contributed by atoms with Crippen molar-refractivity contribution in [3.8, 4) is 0 Å². The molecule has 0 unspecified atom stereocenters. The summed E-state index contributed by atoms with van der Waals surface area (Å²) in [5, 5.41) is 44.6. The summed E-state index contributed by atoms with van der Waals surface area (Å²) in [5.74, 6) is -1.88. The average Bonchev–Trinajstić information content (AvgIpc) is 2.38. The van der Waals surface area contributed by atoms with Gasteiger partial charge in [0.2, 0.25) is 0 Å². The minimum Gasteiger partial charge on any atom is -0.394 e. The van der Waals surface area contributed by atoms with Crippen LogP contribution in [-0.2, 0) is 27.3 Å². The number of hydrogen-bond donors (Lipinski definition) is 11. The summed E-state index contributed by atoms with van der Waals surface area (Å²) in [6.07, 6.45) is -8.71. The van der Waals surface area contributed by atoms with E-state index in [0.29, 0.717) is 0 Å². The van der Waals surface area contributed by atoms with Gasteiger partial charge in [0, 0.05) is 0 Å². The molecule has 11 N–H and O–H groups in total. The fraction of sp³-hybridized carbons (Fsp3) is 0.833. The quantitative estimate of drug-likeness (QED) is 0.153. The number of aliphatic hydroxyl groups excluding tert-OH is 5. The maximum Gasteiger partial charge on any atom is 0.527 e. The molecule has 4 atom stereocenters. The SMILES string of the molecule is O=C(OP(=O)(O)O)[C@H](O)[C@@H](O)[C@H](O)[C@H](O)CO.O=P(O)(O)OP(=O)(O)O. The zero-order chi connectivity index (χ0) is 21.5. The Balaban J connectivity index is 0. The van der Waals surface area contributed by atoms with Crippen LogP contribution in [-0.4, -0.2) is 91.9 Å². The standard InChI is InChI=1S/C6H13O10P.H4O7P2/c7-1-2(8)3(9)4(10)5(11)6(12)16-17(13,14)15;1-8(2,3)7-9(4,5)6/h2-5,7-11H,1H2,(H2,13,14,15);(H2,1,2,3)(H2,4,5,6)/t2-,3-,4+,5-;/m1./s1. The van der Waals surface area contributed by atoms with Crippen LogP contribution in [0.2, 0.25) is 0 Å². The predicted octanol–water partition coefficient (Wildman–Crippen LogP) is -4.75. The van der Waals surface area contributed by atoms with Crippen LogP contribution in [0.3, 0.4) is 0 Å². The fourth-order valence-corrected chi connectivity index (χ4v) is 2.42. The highest BCUT2D eigenvalue weighted by molar-refractivity contribution is 7.60. The van der Waals surface area contributed by atoms with Crippen LogP contribution in [0.15, 0.2) is 0 Å². The number of carbonyl (C=O) groups is 1. The van der Waals surface area contributed by atoms with Gasteiger partial charge in [0.25, 0.3) is 0 Å². The minimum atomic E-state index is -5.19. The first-order valence-corrected chi connectivity index (χ1v) is 10.3. The van der Waals surface area contributed by atoms with E-state index in [1.807, 2.05) is 0 Å². The minimum absolute atomic E-state index is 0.960. The number of carbonyl (C=O) groups excluding carboxylic acids is 1. The zero-order valence-electron chi connectivity index (χ0n) is 12.2. The largest absolute Gasteiger partial charge is 0.527 e. The Kier molecular flexibility index (Phi) is 11.7. The van der Waals surface area contributed by atoms with Crippen molar-refractivity contribution in [2.45, 2.75) is 24.4 Å². The highest BCUT2D eigenvalue weighted by Crippen LogP contribution is 2.53. The first kappa shape index (κ1) is 27.9. The van der Waals surface area contributed by atoms with Crippen molar-refractivity contribution in [1.82, 2.24) is 0 Å². The Morgan fingerprint density at radius 1 is 0.769 bits per heavy atom. The summed E-state index contributed by atoms with van der Waals surface area (Å²) in [6, 6.07) is 0. The van der Waals surface area contributed by atoms with E-state index >= 15 is 0 Å². The van der Waals surface area contributed by atoms with E-state index in [0.717, 1.165) is 0 Å². The third kappa shape index (κ3) is 14.8. The molecule has 0 heterocycles. The molecule has 0 aliphatic rings. The molecule has 0 aromatic carbocycles. The molecule has 0 aromatic heterocycles. The molecule has 0 aliphatic heterocycles. The predicted molar refractivity (Wildman–Crippen MR) is 74.4 cm³/mol. The van der Waals surface area contributed by atoms with Gasteiger partial charge in [-0.25, -0.2) is 18.5 Å². The lowest BCUT2D eigenvalue weighted by molar-refractivity contribution is -0.162. The van der Waals surface area contributed by atoms with Crippen LogP contribution in [0, 0.1) is 0 Å². The second kappa shape index (κ2) is 10.9. The van der Waals surface area contributed by atoms with Gasteiger partial charge in [-0.1, -0.05) is 0 Å². The lowest BCUT2D eigenvalue weighted by atomic mass is 10.0. The Bertz CT molecular complexity index is 551. The number of aliphatic hydroxyl groups is 5. The van der Waals surface area contributed by atoms with Gasteiger partial charge in [0.15, 0.2) is 6.10 Å². The fourth-order valence-electron chi connectivity index (χ4n) is 0.972. The molecule has 0 spiro atoms. The van der Waals surface area contributed by atoms with Crippen molar-refractivity contribution in [3.63, 3.8) is 0 Å². The molecule has 158 valence electrons. The molecular formula is C6H17O17P3. The van der Waals surface area contributed by atoms with Gasteiger partial charge >= 0.3 is 29.4 Å². The Hall–Kier alpha value is -0.320. The van der Waals surface area contributed by atoms with Crippen molar-refractivity contribution in [1.29, 1.82) is 0 Å². The first-order chi connectivity index (χ1) is 11.3. The van der Waals surface area contributed by atoms with E-state index in [4.69, 9.17) is 54.9 Å². The van der Waals surface area contributed by atoms with Gasteiger partial charge in [-0.2, -0.15) is 4.31 Å². The van der Waals surface area contributed by atoms with Gasteiger partial charge in [0.05, 0.1) is 6.61 Å². The Morgan fingerprint density at radius 3 is 1.38 bits per heavy atom. The van der Waals surface area contributed by atoms with E-state index in [-0.39, 0.29) is 0 Å². The summed E-state index contributed by atoms with van der Waals surface area (Å²) in [6.45, 7) is -0.960. The summed E-state index contributed by atoms with van der Waals surface area (Å²) in [7, 11) is -15.3. The Morgan fingerprint density at radius 2 is 1.15 bits per heavy atom. The van der Waals surface area contributed by atoms with E-state index in [1.54, 1.807) is 0 Å². The topological polar surface area (TPSA) is 309 Å². The van der Waals surface area contributed by atoms with Gasteiger partial charge < -0.3 is 49.6 Å². The van der Waals surface area contributed by atoms with Crippen LogP contribution in [0.5, 0.6) is 0 Å². The lowest BCUT2D eigenvalue weighted by Crippen LogP contribution is -2.48. The molecule has 0 aliphatic carbocycles. The van der Waals surface area contributed by atoms with E-state index in [9.17, 15) is 18.5 Å². The van der Waals surface area contributed by atoms with Crippen LogP contribution < -0.4 is 0 Å². The van der Waals surface area contributed by atoms with Gasteiger partial charge in [-0.05, 0) is 0 Å². The molecule has 0 fully saturated rings. The molecule has 0 saturated carbocycles. The third-order valence-corrected chi connectivity index (χ3v) is 4.04. The molecule has 17 nitrogen and oxygen atoms in total. The number of hydrogen-bond acceptors (Lipinski definition) is 11. The van der Waals surface area contributed by atoms with E-state index < -0.39 is 60.5 Å². The average molecular weight is 454 g/mol. The number of rotatable bonds is 8. The van der Waals surface area contributed by atoms with Gasteiger partial charge in [0.1, 0.15) is 18.3 Å². The van der Waals surface area contributed by atoms with E-state index in [2.05, 4.69) is 8.83 Å². The van der Waals surface area contributed by atoms with Crippen molar-refractivity contribution in [3.05, 3.63) is 0 Å². The van der Waals surface area contributed by atoms with Crippen LogP contribution >= 0.6 is 23.5 Å². The zero-order valence-corrected chi connectivity index (χ0v) is 14.9. The summed E-state index contributed by atoms with van der Waals surface area (Å²) >= 11 is 0. The Labute approximate surface area is 143 Å². The summed E-state index contributed by atoms with van der Waals surface area (Å²) in [5.41, 5.74) is 0. The van der Waals surface area contributed by atoms with Gasteiger partial charge in [-0.15, -0.1) is 0 Å². The highest BCUT2D eigenvalue weighted by Gasteiger charge is 2.37. The second-order valence-electron chi connectivity index (χ2n) is 4.14. The molecule has 0 amide bonds.